The molecule has 0 saturated carbocycles. The summed E-state index contributed by atoms with van der Waals surface area (Å²) in [6.45, 7) is 2.28. The van der Waals surface area contributed by atoms with Crippen LogP contribution in [0.25, 0.3) is 0 Å². The third-order valence-corrected chi connectivity index (χ3v) is 6.71. The maximum Gasteiger partial charge on any atom is 0.246 e. The van der Waals surface area contributed by atoms with Gasteiger partial charge < -0.3 is 4.74 Å². The summed E-state index contributed by atoms with van der Waals surface area (Å²) in [6.07, 6.45) is 1.19. The van der Waals surface area contributed by atoms with Gasteiger partial charge in [0.05, 0.1) is 7.11 Å². The van der Waals surface area contributed by atoms with E-state index < -0.39 is 21.8 Å². The molecule has 0 aromatic heterocycles. The molecular formula is C20H22FNO4S. The molecule has 0 aliphatic carbocycles. The Morgan fingerprint density at radius 1 is 1.19 bits per heavy atom. The van der Waals surface area contributed by atoms with Crippen LogP contribution in [0.5, 0.6) is 5.75 Å². The lowest BCUT2D eigenvalue weighted by Gasteiger charge is -2.31. The van der Waals surface area contributed by atoms with E-state index >= 15 is 0 Å². The van der Waals surface area contributed by atoms with E-state index in [2.05, 4.69) is 0 Å². The van der Waals surface area contributed by atoms with Gasteiger partial charge in [-0.1, -0.05) is 6.07 Å². The summed E-state index contributed by atoms with van der Waals surface area (Å²) < 4.78 is 46.0. The predicted octanol–water partition coefficient (Wildman–Crippen LogP) is 3.43. The van der Waals surface area contributed by atoms with Gasteiger partial charge in [-0.3, -0.25) is 4.79 Å². The van der Waals surface area contributed by atoms with Gasteiger partial charge in [-0.05, 0) is 61.7 Å². The normalized spacial score (nSPS) is 18.3. The highest BCUT2D eigenvalue weighted by Crippen LogP contribution is 2.31. The standard InChI is InChI=1S/C20H22FNO4S/c1-14-5-10-18(26-2)19(12-14)27(24,25)22-11-3-4-16(13-22)20(23)15-6-8-17(21)9-7-15/h5-10,12,16H,3-4,11,13H2,1-2H3. The topological polar surface area (TPSA) is 63.7 Å². The van der Waals surface area contributed by atoms with Crippen LogP contribution in [-0.4, -0.2) is 38.7 Å². The van der Waals surface area contributed by atoms with E-state index in [1.54, 1.807) is 18.2 Å². The van der Waals surface area contributed by atoms with Crippen LogP contribution in [0, 0.1) is 18.7 Å². The van der Waals surface area contributed by atoms with Crippen molar-refractivity contribution in [2.75, 3.05) is 20.2 Å². The second-order valence-electron chi connectivity index (χ2n) is 6.73. The fourth-order valence-corrected chi connectivity index (χ4v) is 5.11. The molecule has 1 unspecified atom stereocenters. The number of sulfonamides is 1. The first-order valence-corrected chi connectivity index (χ1v) is 10.2. The number of carbonyl (C=O) groups excluding carboxylic acids is 1. The predicted molar refractivity (Wildman–Crippen MR) is 99.9 cm³/mol. The molecule has 3 rings (SSSR count). The molecule has 0 amide bonds. The minimum Gasteiger partial charge on any atom is -0.495 e. The van der Waals surface area contributed by atoms with Crippen molar-refractivity contribution in [3.63, 3.8) is 0 Å². The summed E-state index contributed by atoms with van der Waals surface area (Å²) in [5.74, 6) is -0.737. The fraction of sp³-hybridized carbons (Fsp3) is 0.350. The quantitative estimate of drug-likeness (QED) is 0.733. The number of rotatable bonds is 5. The van der Waals surface area contributed by atoms with Crippen molar-refractivity contribution >= 4 is 15.8 Å². The van der Waals surface area contributed by atoms with Crippen LogP contribution in [0.3, 0.4) is 0 Å². The molecule has 1 aliphatic heterocycles. The van der Waals surface area contributed by atoms with Crippen LogP contribution in [-0.2, 0) is 10.0 Å². The molecule has 2 aromatic rings. The molecule has 0 spiro atoms. The monoisotopic (exact) mass is 391 g/mol. The lowest BCUT2D eigenvalue weighted by atomic mass is 9.91. The lowest BCUT2D eigenvalue weighted by Crippen LogP contribution is -2.42. The summed E-state index contributed by atoms with van der Waals surface area (Å²) >= 11 is 0. The molecule has 0 N–H and O–H groups in total. The maximum absolute atomic E-state index is 13.2. The number of nitrogens with zero attached hydrogens (tertiary/aromatic N) is 1. The van der Waals surface area contributed by atoms with Gasteiger partial charge in [0.1, 0.15) is 16.5 Å². The van der Waals surface area contributed by atoms with E-state index in [1.807, 2.05) is 6.92 Å². The second-order valence-corrected chi connectivity index (χ2v) is 8.63. The van der Waals surface area contributed by atoms with Crippen molar-refractivity contribution in [2.24, 2.45) is 5.92 Å². The number of carbonyl (C=O) groups is 1. The highest BCUT2D eigenvalue weighted by molar-refractivity contribution is 7.89. The summed E-state index contributed by atoms with van der Waals surface area (Å²) in [5, 5.41) is 0. The van der Waals surface area contributed by atoms with E-state index in [9.17, 15) is 17.6 Å². The molecule has 1 heterocycles. The molecule has 144 valence electrons. The summed E-state index contributed by atoms with van der Waals surface area (Å²) in [4.78, 5) is 12.8. The SMILES string of the molecule is COc1ccc(C)cc1S(=O)(=O)N1CCCC(C(=O)c2ccc(F)cc2)C1. The number of methoxy groups -OCH3 is 1. The van der Waals surface area contributed by atoms with Crippen molar-refractivity contribution in [3.05, 3.63) is 59.4 Å². The Morgan fingerprint density at radius 3 is 2.56 bits per heavy atom. The van der Waals surface area contributed by atoms with E-state index in [0.717, 1.165) is 5.56 Å². The highest BCUT2D eigenvalue weighted by atomic mass is 32.2. The Kier molecular flexibility index (Phi) is 5.62. The molecule has 0 radical (unpaired) electrons. The van der Waals surface area contributed by atoms with Crippen LogP contribution in [0.15, 0.2) is 47.4 Å². The first-order chi connectivity index (χ1) is 12.8. The Balaban J connectivity index is 1.86. The number of piperidine rings is 1. The van der Waals surface area contributed by atoms with E-state index in [1.165, 1.54) is 35.7 Å². The number of Topliss-reactive ketones (excluding diaryl/α,β-unsaturated/α-hetero) is 1. The van der Waals surface area contributed by atoms with Crippen molar-refractivity contribution < 1.29 is 22.3 Å². The number of halogens is 1. The van der Waals surface area contributed by atoms with Gasteiger partial charge in [-0.25, -0.2) is 12.8 Å². The Hall–Kier alpha value is -2.25. The Bertz CT molecular complexity index is 941. The zero-order chi connectivity index (χ0) is 19.6. The van der Waals surface area contributed by atoms with Crippen LogP contribution in [0.4, 0.5) is 4.39 Å². The third kappa shape index (κ3) is 4.04. The number of hydrogen-bond acceptors (Lipinski definition) is 4. The molecule has 7 heteroatoms. The summed E-state index contributed by atoms with van der Waals surface area (Å²) in [7, 11) is -2.36. The van der Waals surface area contributed by atoms with Crippen molar-refractivity contribution in [3.8, 4) is 5.75 Å². The van der Waals surface area contributed by atoms with Crippen LogP contribution < -0.4 is 4.74 Å². The average molecular weight is 391 g/mol. The van der Waals surface area contributed by atoms with Crippen molar-refractivity contribution in [2.45, 2.75) is 24.7 Å². The minimum atomic E-state index is -3.79. The van der Waals surface area contributed by atoms with Gasteiger partial charge in [-0.2, -0.15) is 4.31 Å². The van der Waals surface area contributed by atoms with Gasteiger partial charge in [-0.15, -0.1) is 0 Å². The number of ketones is 1. The first kappa shape index (κ1) is 19.5. The highest BCUT2D eigenvalue weighted by Gasteiger charge is 2.35. The molecule has 5 nitrogen and oxygen atoms in total. The summed E-state index contributed by atoms with van der Waals surface area (Å²) in [6, 6.07) is 10.4. The van der Waals surface area contributed by atoms with Crippen molar-refractivity contribution in [1.29, 1.82) is 0 Å². The van der Waals surface area contributed by atoms with Gasteiger partial charge in [0.25, 0.3) is 0 Å². The van der Waals surface area contributed by atoms with Crippen LogP contribution >= 0.6 is 0 Å². The van der Waals surface area contributed by atoms with Crippen LogP contribution in [0.1, 0.15) is 28.8 Å². The van der Waals surface area contributed by atoms with Crippen LogP contribution in [0.2, 0.25) is 0 Å². The van der Waals surface area contributed by atoms with E-state index in [-0.39, 0.29) is 23.0 Å². The largest absolute Gasteiger partial charge is 0.495 e. The fourth-order valence-electron chi connectivity index (χ4n) is 3.35. The number of ether oxygens (including phenoxy) is 1. The Morgan fingerprint density at radius 2 is 1.89 bits per heavy atom. The second kappa shape index (κ2) is 7.78. The zero-order valence-electron chi connectivity index (χ0n) is 15.3. The molecule has 27 heavy (non-hydrogen) atoms. The van der Waals surface area contributed by atoms with E-state index in [0.29, 0.717) is 24.9 Å². The number of benzene rings is 2. The van der Waals surface area contributed by atoms with Crippen molar-refractivity contribution in [1.82, 2.24) is 4.31 Å². The number of hydrogen-bond donors (Lipinski definition) is 0. The smallest absolute Gasteiger partial charge is 0.246 e. The van der Waals surface area contributed by atoms with Gasteiger partial charge in [0, 0.05) is 24.6 Å². The number of aryl methyl sites for hydroxylation is 1. The third-order valence-electron chi connectivity index (χ3n) is 4.82. The molecular weight excluding hydrogens is 369 g/mol. The molecule has 1 atom stereocenters. The average Bonchev–Trinajstić information content (AvgIpc) is 2.68. The summed E-state index contributed by atoms with van der Waals surface area (Å²) in [5.41, 5.74) is 1.21. The molecule has 0 bridgehead atoms. The first-order valence-electron chi connectivity index (χ1n) is 8.77. The van der Waals surface area contributed by atoms with Gasteiger partial charge in [0.2, 0.25) is 10.0 Å². The van der Waals surface area contributed by atoms with Gasteiger partial charge in [0.15, 0.2) is 5.78 Å². The zero-order valence-corrected chi connectivity index (χ0v) is 16.1. The molecule has 1 aliphatic rings. The molecule has 2 aromatic carbocycles. The Labute approximate surface area is 158 Å². The molecule has 1 saturated heterocycles. The minimum absolute atomic E-state index is 0.107. The maximum atomic E-state index is 13.2. The van der Waals surface area contributed by atoms with E-state index in [4.69, 9.17) is 4.74 Å². The molecule has 1 fully saturated rings. The van der Waals surface area contributed by atoms with Gasteiger partial charge >= 0.3 is 0 Å². The lowest BCUT2D eigenvalue weighted by molar-refractivity contribution is 0.0872.